The molecule has 0 spiro atoms. The minimum absolute atomic E-state index is 0.429. The van der Waals surface area contributed by atoms with Crippen molar-refractivity contribution in [2.24, 2.45) is 0 Å². The van der Waals surface area contributed by atoms with Gasteiger partial charge in [0.1, 0.15) is 30.5 Å². The molecule has 4 rings (SSSR count). The van der Waals surface area contributed by atoms with Crippen molar-refractivity contribution in [1.29, 1.82) is 0 Å². The summed E-state index contributed by atoms with van der Waals surface area (Å²) in [6.07, 6.45) is -3.89. The molecule has 0 saturated carbocycles. The van der Waals surface area contributed by atoms with Gasteiger partial charge in [-0.15, -0.1) is 11.3 Å². The average molecular weight is 415 g/mol. The Morgan fingerprint density at radius 1 is 0.931 bits per heavy atom. The minimum Gasteiger partial charge on any atom is -0.394 e. The molecule has 1 aromatic heterocycles. The van der Waals surface area contributed by atoms with Gasteiger partial charge in [-0.2, -0.15) is 0 Å². The van der Waals surface area contributed by atoms with Crippen LogP contribution in [0.5, 0.6) is 0 Å². The largest absolute Gasteiger partial charge is 0.394 e. The van der Waals surface area contributed by atoms with Crippen LogP contribution < -0.4 is 0 Å². The van der Waals surface area contributed by atoms with E-state index in [4.69, 9.17) is 4.74 Å². The first-order valence-electron chi connectivity index (χ1n) is 9.90. The Morgan fingerprint density at radius 2 is 1.66 bits per heavy atom. The van der Waals surface area contributed by atoms with Crippen molar-refractivity contribution in [2.45, 2.75) is 50.3 Å². The van der Waals surface area contributed by atoms with Crippen molar-refractivity contribution in [1.82, 2.24) is 0 Å². The maximum Gasteiger partial charge on any atom is 0.113 e. The molecule has 154 valence electrons. The number of aryl methyl sites for hydroxylation is 1. The van der Waals surface area contributed by atoms with Crippen molar-refractivity contribution in [2.75, 3.05) is 6.61 Å². The van der Waals surface area contributed by atoms with Gasteiger partial charge in [0.05, 0.1) is 6.61 Å². The topological polar surface area (TPSA) is 90.2 Å². The molecule has 4 N–H and O–H groups in total. The van der Waals surface area contributed by atoms with Gasteiger partial charge in [0.15, 0.2) is 0 Å². The summed E-state index contributed by atoms with van der Waals surface area (Å²) in [5, 5.41) is 43.2. The molecule has 1 aliphatic heterocycles. The third kappa shape index (κ3) is 3.97. The van der Waals surface area contributed by atoms with Crippen LogP contribution in [0, 0.1) is 0 Å². The summed E-state index contributed by atoms with van der Waals surface area (Å²) in [5.74, 6) is 0. The van der Waals surface area contributed by atoms with Gasteiger partial charge < -0.3 is 25.2 Å². The number of benzene rings is 2. The van der Waals surface area contributed by atoms with Crippen molar-refractivity contribution >= 4 is 21.4 Å². The number of hydrogen-bond acceptors (Lipinski definition) is 6. The van der Waals surface area contributed by atoms with Gasteiger partial charge in [-0.3, -0.25) is 0 Å². The van der Waals surface area contributed by atoms with Crippen LogP contribution in [0.4, 0.5) is 0 Å². The van der Waals surface area contributed by atoms with E-state index in [2.05, 4.69) is 36.6 Å². The van der Waals surface area contributed by atoms with E-state index in [9.17, 15) is 20.4 Å². The zero-order chi connectivity index (χ0) is 20.5. The lowest BCUT2D eigenvalue weighted by Crippen LogP contribution is -2.55. The fourth-order valence-corrected chi connectivity index (χ4v) is 4.85. The van der Waals surface area contributed by atoms with Crippen LogP contribution in [-0.2, 0) is 17.6 Å². The summed E-state index contributed by atoms with van der Waals surface area (Å²) >= 11 is 1.67. The Kier molecular flexibility index (Phi) is 6.01. The first-order chi connectivity index (χ1) is 14.0. The maximum atomic E-state index is 10.4. The van der Waals surface area contributed by atoms with Crippen molar-refractivity contribution in [3.63, 3.8) is 0 Å². The van der Waals surface area contributed by atoms with E-state index in [0.717, 1.165) is 28.5 Å². The quantitative estimate of drug-likeness (QED) is 0.515. The normalized spacial score (nSPS) is 27.4. The lowest BCUT2D eigenvalue weighted by molar-refractivity contribution is -0.231. The van der Waals surface area contributed by atoms with Crippen LogP contribution in [0.25, 0.3) is 10.1 Å². The summed E-state index contributed by atoms with van der Waals surface area (Å²) in [7, 11) is 0. The van der Waals surface area contributed by atoms with Gasteiger partial charge in [-0.05, 0) is 58.0 Å². The molecule has 2 aromatic carbocycles. The molecule has 5 nitrogen and oxygen atoms in total. The Morgan fingerprint density at radius 3 is 2.34 bits per heavy atom. The summed E-state index contributed by atoms with van der Waals surface area (Å²) in [5.41, 5.74) is 4.46. The van der Waals surface area contributed by atoms with E-state index in [1.54, 1.807) is 11.3 Å². The van der Waals surface area contributed by atoms with E-state index >= 15 is 0 Å². The average Bonchev–Trinajstić information content (AvgIpc) is 3.15. The zero-order valence-electron chi connectivity index (χ0n) is 16.2. The molecule has 0 amide bonds. The lowest BCUT2D eigenvalue weighted by atomic mass is 9.90. The first kappa shape index (κ1) is 20.5. The number of aliphatic hydroxyl groups is 4. The molecule has 0 radical (unpaired) electrons. The van der Waals surface area contributed by atoms with E-state index in [1.807, 2.05) is 18.2 Å². The van der Waals surface area contributed by atoms with Crippen LogP contribution in [-0.4, -0.2) is 51.4 Å². The van der Waals surface area contributed by atoms with Crippen molar-refractivity contribution in [3.8, 4) is 0 Å². The molecule has 1 saturated heterocycles. The SMILES string of the molecule is CCc1ccc(Cc2csc3ccc([C@@H]4O[C@H](CO)[C@@H](O)[C@H](O)[C@H]4O)cc23)cc1. The van der Waals surface area contributed by atoms with Gasteiger partial charge in [0.2, 0.25) is 0 Å². The summed E-state index contributed by atoms with van der Waals surface area (Å²) in [4.78, 5) is 0. The molecule has 3 aromatic rings. The Hall–Kier alpha value is -1.80. The highest BCUT2D eigenvalue weighted by molar-refractivity contribution is 7.17. The molecule has 2 heterocycles. The summed E-state index contributed by atoms with van der Waals surface area (Å²) in [6, 6.07) is 14.5. The molecular formula is C23H26O5S. The summed E-state index contributed by atoms with van der Waals surface area (Å²) in [6.45, 7) is 1.71. The third-order valence-corrected chi connectivity index (χ3v) is 6.74. The number of ether oxygens (including phenoxy) is 1. The highest BCUT2D eigenvalue weighted by Crippen LogP contribution is 2.36. The Labute approximate surface area is 173 Å². The van der Waals surface area contributed by atoms with E-state index < -0.39 is 37.1 Å². The third-order valence-electron chi connectivity index (χ3n) is 5.72. The van der Waals surface area contributed by atoms with Crippen molar-refractivity contribution in [3.05, 3.63) is 70.1 Å². The second-order valence-corrected chi connectivity index (χ2v) is 8.52. The maximum absolute atomic E-state index is 10.4. The van der Waals surface area contributed by atoms with Gasteiger partial charge in [-0.1, -0.05) is 37.3 Å². The van der Waals surface area contributed by atoms with Crippen molar-refractivity contribution < 1.29 is 25.2 Å². The Bertz CT molecular complexity index is 965. The number of aliphatic hydroxyl groups excluding tert-OH is 4. The van der Waals surface area contributed by atoms with Gasteiger partial charge >= 0.3 is 0 Å². The van der Waals surface area contributed by atoms with Crippen LogP contribution in [0.2, 0.25) is 0 Å². The molecule has 0 bridgehead atoms. The van der Waals surface area contributed by atoms with Crippen LogP contribution >= 0.6 is 11.3 Å². The molecule has 6 heteroatoms. The molecule has 0 aliphatic carbocycles. The van der Waals surface area contributed by atoms with Crippen LogP contribution in [0.15, 0.2) is 47.8 Å². The van der Waals surface area contributed by atoms with Gasteiger partial charge in [0, 0.05) is 4.70 Å². The van der Waals surface area contributed by atoms with E-state index in [1.165, 1.54) is 16.7 Å². The lowest BCUT2D eigenvalue weighted by Gasteiger charge is -2.40. The smallest absolute Gasteiger partial charge is 0.113 e. The molecular weight excluding hydrogens is 388 g/mol. The van der Waals surface area contributed by atoms with Gasteiger partial charge in [0.25, 0.3) is 0 Å². The molecule has 29 heavy (non-hydrogen) atoms. The molecule has 0 unspecified atom stereocenters. The zero-order valence-corrected chi connectivity index (χ0v) is 17.0. The van der Waals surface area contributed by atoms with E-state index in [-0.39, 0.29) is 0 Å². The number of fused-ring (bicyclic) bond motifs is 1. The number of thiophene rings is 1. The predicted molar refractivity (Wildman–Crippen MR) is 113 cm³/mol. The van der Waals surface area contributed by atoms with Crippen LogP contribution in [0.3, 0.4) is 0 Å². The summed E-state index contributed by atoms with van der Waals surface area (Å²) < 4.78 is 6.86. The predicted octanol–water partition coefficient (Wildman–Crippen LogP) is 2.57. The second-order valence-electron chi connectivity index (χ2n) is 7.61. The number of rotatable bonds is 5. The second kappa shape index (κ2) is 8.52. The first-order valence-corrected chi connectivity index (χ1v) is 10.8. The molecule has 1 fully saturated rings. The minimum atomic E-state index is -1.37. The molecule has 5 atom stereocenters. The number of hydrogen-bond donors (Lipinski definition) is 4. The fraction of sp³-hybridized carbons (Fsp3) is 0.391. The molecule has 1 aliphatic rings. The van der Waals surface area contributed by atoms with Gasteiger partial charge in [-0.25, -0.2) is 0 Å². The fourth-order valence-electron chi connectivity index (χ4n) is 3.90. The highest BCUT2D eigenvalue weighted by Gasteiger charge is 2.43. The van der Waals surface area contributed by atoms with E-state index in [0.29, 0.717) is 0 Å². The highest BCUT2D eigenvalue weighted by atomic mass is 32.1. The van der Waals surface area contributed by atoms with Crippen LogP contribution in [0.1, 0.15) is 35.3 Å². The Balaban J connectivity index is 1.64. The standard InChI is InChI=1S/C23H26O5S/c1-2-13-3-5-14(6-4-13)9-16-12-29-19-8-7-15(10-17(16)19)23-22(27)21(26)20(25)18(11-24)28-23/h3-8,10,12,18,20-27H,2,9,11H2,1H3/t18-,20-,21+,22-,23+/m1/s1. The monoisotopic (exact) mass is 414 g/mol.